The Morgan fingerprint density at radius 1 is 0.903 bits per heavy atom. The number of carbonyl (C=O) groups excluding carboxylic acids is 2. The summed E-state index contributed by atoms with van der Waals surface area (Å²) in [6.07, 6.45) is 4.49. The van der Waals surface area contributed by atoms with E-state index in [1.807, 2.05) is 46.2 Å². The van der Waals surface area contributed by atoms with Crippen LogP contribution in [0.15, 0.2) is 48.5 Å². The van der Waals surface area contributed by atoms with E-state index < -0.39 is 0 Å². The number of rotatable bonds is 6. The number of likely N-dealkylation sites (tertiary alicyclic amines) is 2. The number of hydrogen-bond donors (Lipinski definition) is 0. The van der Waals surface area contributed by atoms with E-state index in [4.69, 9.17) is 4.74 Å². The fourth-order valence-corrected chi connectivity index (χ4v) is 4.41. The Morgan fingerprint density at radius 3 is 2.29 bits per heavy atom. The van der Waals surface area contributed by atoms with Crippen LogP contribution < -0.4 is 4.74 Å². The molecule has 2 heterocycles. The molecule has 31 heavy (non-hydrogen) atoms. The van der Waals surface area contributed by atoms with Crippen LogP contribution in [-0.2, 0) is 11.2 Å². The molecule has 2 saturated heterocycles. The number of para-hydroxylation sites is 1. The van der Waals surface area contributed by atoms with Gasteiger partial charge in [-0.2, -0.15) is 0 Å². The van der Waals surface area contributed by atoms with Crippen molar-refractivity contribution >= 4 is 11.8 Å². The second-order valence-corrected chi connectivity index (χ2v) is 8.79. The Kier molecular flexibility index (Phi) is 6.90. The summed E-state index contributed by atoms with van der Waals surface area (Å²) in [5, 5.41) is 0. The minimum Gasteiger partial charge on any atom is -0.492 e. The molecule has 0 aromatic heterocycles. The number of carbonyl (C=O) groups is 2. The third-order valence-corrected chi connectivity index (χ3v) is 6.43. The van der Waals surface area contributed by atoms with Gasteiger partial charge in [0.25, 0.3) is 5.91 Å². The summed E-state index contributed by atoms with van der Waals surface area (Å²) in [5.74, 6) is 1.35. The summed E-state index contributed by atoms with van der Waals surface area (Å²) >= 11 is 0. The molecule has 0 unspecified atom stereocenters. The van der Waals surface area contributed by atoms with Gasteiger partial charge >= 0.3 is 0 Å². The van der Waals surface area contributed by atoms with Crippen LogP contribution in [0.2, 0.25) is 0 Å². The normalized spacial score (nSPS) is 17.1. The molecule has 4 rings (SSSR count). The van der Waals surface area contributed by atoms with Crippen molar-refractivity contribution in [3.63, 3.8) is 0 Å². The molecule has 0 N–H and O–H groups in total. The van der Waals surface area contributed by atoms with Crippen molar-refractivity contribution in [1.82, 2.24) is 9.80 Å². The summed E-state index contributed by atoms with van der Waals surface area (Å²) in [4.78, 5) is 29.3. The van der Waals surface area contributed by atoms with Gasteiger partial charge in [0.15, 0.2) is 0 Å². The highest BCUT2D eigenvalue weighted by Crippen LogP contribution is 2.25. The van der Waals surface area contributed by atoms with Gasteiger partial charge in [0.1, 0.15) is 5.75 Å². The molecular weight excluding hydrogens is 388 g/mol. The van der Waals surface area contributed by atoms with Crippen molar-refractivity contribution in [3.8, 4) is 5.75 Å². The Labute approximate surface area is 185 Å². The average molecular weight is 421 g/mol. The van der Waals surface area contributed by atoms with Crippen LogP contribution in [0.1, 0.15) is 47.2 Å². The number of benzene rings is 2. The van der Waals surface area contributed by atoms with E-state index in [0.717, 1.165) is 57.4 Å². The topological polar surface area (TPSA) is 49.9 Å². The molecular formula is C26H32N2O3. The zero-order valence-corrected chi connectivity index (χ0v) is 18.4. The molecule has 2 aromatic rings. The van der Waals surface area contributed by atoms with Crippen LogP contribution in [0.4, 0.5) is 0 Å². The van der Waals surface area contributed by atoms with Crippen LogP contribution in [0.3, 0.4) is 0 Å². The van der Waals surface area contributed by atoms with E-state index in [1.54, 1.807) is 0 Å². The van der Waals surface area contributed by atoms with Crippen molar-refractivity contribution in [3.05, 3.63) is 65.2 Å². The molecule has 2 fully saturated rings. The highest BCUT2D eigenvalue weighted by atomic mass is 16.5. The Bertz CT molecular complexity index is 895. The Balaban J connectivity index is 1.26. The van der Waals surface area contributed by atoms with E-state index in [-0.39, 0.29) is 11.8 Å². The molecule has 0 spiro atoms. The van der Waals surface area contributed by atoms with E-state index in [2.05, 4.69) is 19.1 Å². The van der Waals surface area contributed by atoms with Crippen LogP contribution in [-0.4, -0.2) is 54.4 Å². The quantitative estimate of drug-likeness (QED) is 0.707. The first kappa shape index (κ1) is 21.4. The standard InChI is InChI=1S/C26H32N2O3/c1-20-8-10-21(11-9-20)18-25(29)27-16-12-22(13-17-27)19-31-24-7-3-2-6-23(24)26(30)28-14-4-5-15-28/h2-3,6-11,22H,4-5,12-19H2,1H3. The number of nitrogens with zero attached hydrogens (tertiary/aromatic N) is 2. The van der Waals surface area contributed by atoms with Gasteiger partial charge < -0.3 is 14.5 Å². The fraction of sp³-hybridized carbons (Fsp3) is 0.462. The number of hydrogen-bond acceptors (Lipinski definition) is 3. The van der Waals surface area contributed by atoms with Crippen molar-refractivity contribution in [1.29, 1.82) is 0 Å². The molecule has 164 valence electrons. The van der Waals surface area contributed by atoms with Gasteiger partial charge in [-0.1, -0.05) is 42.0 Å². The molecule has 0 atom stereocenters. The van der Waals surface area contributed by atoms with Crippen molar-refractivity contribution in [2.75, 3.05) is 32.8 Å². The predicted octanol–water partition coefficient (Wildman–Crippen LogP) is 4.09. The molecule has 2 amide bonds. The lowest BCUT2D eigenvalue weighted by atomic mass is 9.97. The van der Waals surface area contributed by atoms with Gasteiger partial charge in [0, 0.05) is 26.2 Å². The Hall–Kier alpha value is -2.82. The molecule has 5 nitrogen and oxygen atoms in total. The van der Waals surface area contributed by atoms with Gasteiger partial charge in [-0.25, -0.2) is 0 Å². The number of piperidine rings is 1. The summed E-state index contributed by atoms with van der Waals surface area (Å²) < 4.78 is 6.11. The van der Waals surface area contributed by atoms with Crippen LogP contribution in [0, 0.1) is 12.8 Å². The number of ether oxygens (including phenoxy) is 1. The molecule has 0 aliphatic carbocycles. The van der Waals surface area contributed by atoms with Crippen molar-refractivity contribution in [2.24, 2.45) is 5.92 Å². The fourth-order valence-electron chi connectivity index (χ4n) is 4.41. The van der Waals surface area contributed by atoms with Crippen molar-refractivity contribution in [2.45, 2.75) is 39.0 Å². The molecule has 0 saturated carbocycles. The first-order chi connectivity index (χ1) is 15.1. The third-order valence-electron chi connectivity index (χ3n) is 6.43. The largest absolute Gasteiger partial charge is 0.492 e. The first-order valence-corrected chi connectivity index (χ1v) is 11.4. The summed E-state index contributed by atoms with van der Waals surface area (Å²) in [7, 11) is 0. The van der Waals surface area contributed by atoms with E-state index in [0.29, 0.717) is 30.3 Å². The number of aryl methyl sites for hydroxylation is 1. The van der Waals surface area contributed by atoms with Crippen LogP contribution in [0.5, 0.6) is 5.75 Å². The second-order valence-electron chi connectivity index (χ2n) is 8.79. The monoisotopic (exact) mass is 420 g/mol. The summed E-state index contributed by atoms with van der Waals surface area (Å²) in [6, 6.07) is 15.8. The molecule has 0 radical (unpaired) electrons. The second kappa shape index (κ2) is 9.99. The maximum absolute atomic E-state index is 12.8. The molecule has 2 aliphatic rings. The zero-order chi connectivity index (χ0) is 21.6. The lowest BCUT2D eigenvalue weighted by Crippen LogP contribution is -2.40. The van der Waals surface area contributed by atoms with Gasteiger partial charge in [0.05, 0.1) is 18.6 Å². The maximum atomic E-state index is 12.8. The lowest BCUT2D eigenvalue weighted by molar-refractivity contribution is -0.132. The maximum Gasteiger partial charge on any atom is 0.257 e. The zero-order valence-electron chi connectivity index (χ0n) is 18.4. The molecule has 2 aliphatic heterocycles. The average Bonchev–Trinajstić information content (AvgIpc) is 3.34. The van der Waals surface area contributed by atoms with Gasteiger partial charge in [-0.3, -0.25) is 9.59 Å². The first-order valence-electron chi connectivity index (χ1n) is 11.4. The highest BCUT2D eigenvalue weighted by molar-refractivity contribution is 5.97. The summed E-state index contributed by atoms with van der Waals surface area (Å²) in [5.41, 5.74) is 2.94. The molecule has 0 bridgehead atoms. The Morgan fingerprint density at radius 2 is 1.58 bits per heavy atom. The third kappa shape index (κ3) is 5.46. The van der Waals surface area contributed by atoms with Gasteiger partial charge in [-0.05, 0) is 56.2 Å². The van der Waals surface area contributed by atoms with E-state index in [9.17, 15) is 9.59 Å². The predicted molar refractivity (Wildman–Crippen MR) is 121 cm³/mol. The summed E-state index contributed by atoms with van der Waals surface area (Å²) in [6.45, 7) is 5.86. The van der Waals surface area contributed by atoms with Crippen LogP contribution >= 0.6 is 0 Å². The van der Waals surface area contributed by atoms with E-state index >= 15 is 0 Å². The molecule has 2 aromatic carbocycles. The van der Waals surface area contributed by atoms with Gasteiger partial charge in [0.2, 0.25) is 5.91 Å². The SMILES string of the molecule is Cc1ccc(CC(=O)N2CCC(COc3ccccc3C(=O)N3CCCC3)CC2)cc1. The minimum absolute atomic E-state index is 0.0737. The van der Waals surface area contributed by atoms with Crippen LogP contribution in [0.25, 0.3) is 0 Å². The smallest absolute Gasteiger partial charge is 0.257 e. The minimum atomic E-state index is 0.0737. The van der Waals surface area contributed by atoms with E-state index in [1.165, 1.54) is 5.56 Å². The van der Waals surface area contributed by atoms with Crippen molar-refractivity contribution < 1.29 is 14.3 Å². The highest BCUT2D eigenvalue weighted by Gasteiger charge is 2.25. The molecule has 5 heteroatoms. The lowest BCUT2D eigenvalue weighted by Gasteiger charge is -2.32. The number of amides is 2. The van der Waals surface area contributed by atoms with Gasteiger partial charge in [-0.15, -0.1) is 0 Å².